The number of carbonyl (C=O) groups excluding carboxylic acids is 1. The van der Waals surface area contributed by atoms with E-state index in [1.54, 1.807) is 39.0 Å². The lowest BCUT2D eigenvalue weighted by Gasteiger charge is -2.30. The van der Waals surface area contributed by atoms with Crippen LogP contribution in [0.5, 0.6) is 0 Å². The van der Waals surface area contributed by atoms with Gasteiger partial charge in [0, 0.05) is 5.70 Å². The monoisotopic (exact) mass is 358 g/mol. The minimum Gasteiger partial charge on any atom is -0.459 e. The second-order valence-electron chi connectivity index (χ2n) is 5.17. The van der Waals surface area contributed by atoms with Crippen molar-refractivity contribution in [1.82, 2.24) is 10.6 Å². The predicted octanol–water partition coefficient (Wildman–Crippen LogP) is 3.74. The molecule has 0 bridgehead atoms. The number of halogens is 2. The summed E-state index contributed by atoms with van der Waals surface area (Å²) in [5.74, 6) is -0.420. The van der Waals surface area contributed by atoms with Gasteiger partial charge in [0.25, 0.3) is 0 Å². The Morgan fingerprint density at radius 3 is 2.68 bits per heavy atom. The average Bonchev–Trinajstić information content (AvgIpc) is 2.39. The average molecular weight is 359 g/mol. The fourth-order valence-electron chi connectivity index (χ4n) is 2.22. The Morgan fingerprint density at radius 1 is 1.36 bits per heavy atom. The van der Waals surface area contributed by atoms with E-state index in [1.165, 1.54) is 0 Å². The van der Waals surface area contributed by atoms with Gasteiger partial charge in [0.2, 0.25) is 0 Å². The summed E-state index contributed by atoms with van der Waals surface area (Å²) in [7, 11) is 0. The molecule has 2 N–H and O–H groups in total. The first-order valence-electron chi connectivity index (χ1n) is 6.74. The molecule has 0 unspecified atom stereocenters. The van der Waals surface area contributed by atoms with Crippen molar-refractivity contribution in [3.05, 3.63) is 45.1 Å². The molecule has 4 nitrogen and oxygen atoms in total. The third-order valence-corrected chi connectivity index (χ3v) is 4.18. The van der Waals surface area contributed by atoms with Crippen molar-refractivity contribution in [3.8, 4) is 0 Å². The Labute approximate surface area is 144 Å². The highest BCUT2D eigenvalue weighted by Crippen LogP contribution is 2.35. The summed E-state index contributed by atoms with van der Waals surface area (Å²) in [5.41, 5.74) is 1.75. The maximum absolute atomic E-state index is 12.4. The second kappa shape index (κ2) is 6.86. The third-order valence-electron chi connectivity index (χ3n) is 3.12. The van der Waals surface area contributed by atoms with E-state index in [0.29, 0.717) is 32.0 Å². The number of allylic oxidation sites excluding steroid dienone is 1. The van der Waals surface area contributed by atoms with E-state index in [1.807, 2.05) is 0 Å². The fraction of sp³-hybridized carbons (Fsp3) is 0.333. The van der Waals surface area contributed by atoms with Crippen molar-refractivity contribution in [2.75, 3.05) is 0 Å². The van der Waals surface area contributed by atoms with Crippen LogP contribution in [0, 0.1) is 0 Å². The highest BCUT2D eigenvalue weighted by atomic mass is 35.5. The van der Waals surface area contributed by atoms with E-state index in [0.717, 1.165) is 0 Å². The van der Waals surface area contributed by atoms with Crippen molar-refractivity contribution in [1.29, 1.82) is 0 Å². The number of hydrogen-bond donors (Lipinski definition) is 2. The summed E-state index contributed by atoms with van der Waals surface area (Å²) >= 11 is 17.5. The Balaban J connectivity index is 2.50. The molecule has 7 heteroatoms. The van der Waals surface area contributed by atoms with Gasteiger partial charge in [0.05, 0.1) is 27.8 Å². The number of esters is 1. The lowest BCUT2D eigenvalue weighted by Crippen LogP contribution is -2.45. The van der Waals surface area contributed by atoms with E-state index in [4.69, 9.17) is 40.2 Å². The molecule has 0 fully saturated rings. The summed E-state index contributed by atoms with van der Waals surface area (Å²) in [6.45, 7) is 5.36. The first-order chi connectivity index (χ1) is 10.3. The summed E-state index contributed by atoms with van der Waals surface area (Å²) in [6, 6.07) is 4.76. The molecule has 0 saturated heterocycles. The molecular weight excluding hydrogens is 343 g/mol. The molecule has 1 heterocycles. The van der Waals surface area contributed by atoms with Gasteiger partial charge in [-0.2, -0.15) is 0 Å². The number of benzene rings is 1. The zero-order valence-corrected chi connectivity index (χ0v) is 14.7. The number of hydrogen-bond acceptors (Lipinski definition) is 3. The van der Waals surface area contributed by atoms with Crippen molar-refractivity contribution in [2.24, 2.45) is 0 Å². The molecule has 1 aromatic rings. The zero-order chi connectivity index (χ0) is 16.4. The maximum atomic E-state index is 12.4. The summed E-state index contributed by atoms with van der Waals surface area (Å²) in [5, 5.41) is 7.21. The molecule has 1 aliphatic heterocycles. The van der Waals surface area contributed by atoms with Crippen LogP contribution in [-0.4, -0.2) is 17.2 Å². The van der Waals surface area contributed by atoms with Gasteiger partial charge in [-0.1, -0.05) is 35.3 Å². The van der Waals surface area contributed by atoms with Crippen LogP contribution in [-0.2, 0) is 9.53 Å². The van der Waals surface area contributed by atoms with Crippen LogP contribution in [0.3, 0.4) is 0 Å². The Morgan fingerprint density at radius 2 is 2.05 bits per heavy atom. The Hall–Kier alpha value is -1.30. The first kappa shape index (κ1) is 17.1. The summed E-state index contributed by atoms with van der Waals surface area (Å²) < 4.78 is 5.32. The molecule has 0 aliphatic carbocycles. The minimum absolute atomic E-state index is 0.225. The van der Waals surface area contributed by atoms with Crippen LogP contribution < -0.4 is 10.6 Å². The van der Waals surface area contributed by atoms with Crippen LogP contribution in [0.15, 0.2) is 29.5 Å². The van der Waals surface area contributed by atoms with Gasteiger partial charge in [0.1, 0.15) is 0 Å². The Bertz CT molecular complexity index is 659. The Kier molecular flexibility index (Phi) is 5.32. The molecule has 0 spiro atoms. The number of rotatable bonds is 3. The smallest absolute Gasteiger partial charge is 0.338 e. The zero-order valence-electron chi connectivity index (χ0n) is 12.4. The van der Waals surface area contributed by atoms with Gasteiger partial charge < -0.3 is 15.4 Å². The minimum atomic E-state index is -0.508. The number of thiocarbonyl (C=S) groups is 1. The quantitative estimate of drug-likeness (QED) is 0.636. The molecule has 0 saturated carbocycles. The van der Waals surface area contributed by atoms with Gasteiger partial charge in [0.15, 0.2) is 5.11 Å². The molecule has 0 amide bonds. The van der Waals surface area contributed by atoms with Crippen molar-refractivity contribution < 1.29 is 9.53 Å². The molecule has 22 heavy (non-hydrogen) atoms. The van der Waals surface area contributed by atoms with E-state index in [2.05, 4.69) is 10.6 Å². The predicted molar refractivity (Wildman–Crippen MR) is 92.0 cm³/mol. The normalized spacial score (nSPS) is 18.1. The molecule has 2 rings (SSSR count). The third kappa shape index (κ3) is 3.54. The molecule has 0 radical (unpaired) electrons. The van der Waals surface area contributed by atoms with Crippen LogP contribution in [0.2, 0.25) is 10.0 Å². The second-order valence-corrected chi connectivity index (χ2v) is 6.36. The van der Waals surface area contributed by atoms with Gasteiger partial charge in [-0.3, -0.25) is 0 Å². The van der Waals surface area contributed by atoms with Crippen LogP contribution >= 0.6 is 35.4 Å². The van der Waals surface area contributed by atoms with E-state index in [9.17, 15) is 4.79 Å². The largest absolute Gasteiger partial charge is 0.459 e. The van der Waals surface area contributed by atoms with Crippen molar-refractivity contribution in [3.63, 3.8) is 0 Å². The molecular formula is C15H16Cl2N2O2S. The lowest BCUT2D eigenvalue weighted by molar-refractivity contribution is -0.143. The molecule has 1 aliphatic rings. The number of ether oxygens (including phenoxy) is 1. The van der Waals surface area contributed by atoms with E-state index < -0.39 is 12.0 Å². The highest BCUT2D eigenvalue weighted by molar-refractivity contribution is 7.80. The van der Waals surface area contributed by atoms with Crippen LogP contribution in [0.25, 0.3) is 0 Å². The molecule has 0 aromatic heterocycles. The van der Waals surface area contributed by atoms with Crippen molar-refractivity contribution in [2.45, 2.75) is 32.9 Å². The first-order valence-corrected chi connectivity index (χ1v) is 7.90. The molecule has 1 aromatic carbocycles. The van der Waals surface area contributed by atoms with Crippen LogP contribution in [0.4, 0.5) is 0 Å². The van der Waals surface area contributed by atoms with E-state index in [-0.39, 0.29) is 6.10 Å². The summed E-state index contributed by atoms with van der Waals surface area (Å²) in [4.78, 5) is 12.4. The number of carbonyl (C=O) groups is 1. The number of nitrogens with one attached hydrogen (secondary N) is 2. The molecule has 118 valence electrons. The van der Waals surface area contributed by atoms with Gasteiger partial charge in [-0.15, -0.1) is 0 Å². The van der Waals surface area contributed by atoms with Gasteiger partial charge in [-0.25, -0.2) is 4.79 Å². The highest BCUT2D eigenvalue weighted by Gasteiger charge is 2.32. The van der Waals surface area contributed by atoms with E-state index >= 15 is 0 Å². The van der Waals surface area contributed by atoms with Gasteiger partial charge >= 0.3 is 5.97 Å². The van der Waals surface area contributed by atoms with Crippen molar-refractivity contribution >= 4 is 46.5 Å². The standard InChI is InChI=1S/C15H16Cl2N2O2S/c1-7(2)21-14(20)11-8(3)18-15(22)19-13(11)9-5-4-6-10(16)12(9)17/h4-7,13H,1-3H3,(H2,18,19,22)/t13-/m0/s1. The van der Waals surface area contributed by atoms with Crippen LogP contribution in [0.1, 0.15) is 32.4 Å². The summed E-state index contributed by atoms with van der Waals surface area (Å²) in [6.07, 6.45) is -0.225. The maximum Gasteiger partial charge on any atom is 0.338 e. The SMILES string of the molecule is CC1=C(C(=O)OC(C)C)[C@H](c2cccc(Cl)c2Cl)NC(=S)N1. The topological polar surface area (TPSA) is 50.4 Å². The van der Waals surface area contributed by atoms with Gasteiger partial charge in [-0.05, 0) is 44.6 Å². The fourth-order valence-corrected chi connectivity index (χ4v) is 2.91. The molecule has 1 atom stereocenters. The lowest BCUT2D eigenvalue weighted by atomic mass is 9.95.